The minimum Gasteiger partial charge on any atom is -0.497 e. The molecule has 0 saturated carbocycles. The number of ether oxygens (including phenoxy) is 4. The second kappa shape index (κ2) is 14.8. The maximum Gasteiger partial charge on any atom is 0.417 e. The van der Waals surface area contributed by atoms with Crippen molar-refractivity contribution in [3.63, 3.8) is 0 Å². The molecular weight excluding hydrogens is 528 g/mol. The van der Waals surface area contributed by atoms with E-state index in [1.807, 2.05) is 52.0 Å². The van der Waals surface area contributed by atoms with E-state index in [2.05, 4.69) is 6.58 Å². The van der Waals surface area contributed by atoms with E-state index >= 15 is 0 Å². The number of nitrogens with zero attached hydrogens (tertiary/aromatic N) is 2. The van der Waals surface area contributed by atoms with E-state index in [4.69, 9.17) is 18.9 Å². The zero-order valence-corrected chi connectivity index (χ0v) is 25.5. The first-order chi connectivity index (χ1) is 19.3. The summed E-state index contributed by atoms with van der Waals surface area (Å²) < 4.78 is 20.8. The molecule has 4 amide bonds. The number of allylic oxidation sites excluding steroid dienone is 1. The number of cyclic esters (lactones) is 2. The Morgan fingerprint density at radius 1 is 1.02 bits per heavy atom. The lowest BCUT2D eigenvalue weighted by atomic mass is 9.89. The van der Waals surface area contributed by atoms with Gasteiger partial charge < -0.3 is 18.9 Å². The summed E-state index contributed by atoms with van der Waals surface area (Å²) in [4.78, 5) is 50.8. The van der Waals surface area contributed by atoms with E-state index in [-0.39, 0.29) is 48.9 Å². The van der Waals surface area contributed by atoms with Crippen molar-refractivity contribution in [3.8, 4) is 5.75 Å². The van der Waals surface area contributed by atoms with Crippen molar-refractivity contribution in [1.29, 1.82) is 0 Å². The van der Waals surface area contributed by atoms with Crippen molar-refractivity contribution in [2.45, 2.75) is 67.2 Å². The Hall–Kier alpha value is -3.66. The van der Waals surface area contributed by atoms with Gasteiger partial charge in [-0.1, -0.05) is 52.0 Å². The number of hydrogen-bond donors (Lipinski definition) is 0. The van der Waals surface area contributed by atoms with Crippen molar-refractivity contribution in [2.75, 3.05) is 26.9 Å². The van der Waals surface area contributed by atoms with Gasteiger partial charge in [-0.25, -0.2) is 19.4 Å². The Bertz CT molecular complexity index is 1130. The zero-order valence-electron chi connectivity index (χ0n) is 25.5. The van der Waals surface area contributed by atoms with Gasteiger partial charge in [0.25, 0.3) is 5.91 Å². The number of methoxy groups -OCH3 is 1. The van der Waals surface area contributed by atoms with Crippen LogP contribution in [0.4, 0.5) is 9.59 Å². The zero-order chi connectivity index (χ0) is 30.9. The van der Waals surface area contributed by atoms with Crippen LogP contribution in [0, 0.1) is 17.3 Å². The van der Waals surface area contributed by atoms with Gasteiger partial charge in [0.05, 0.1) is 37.8 Å². The van der Waals surface area contributed by atoms with Gasteiger partial charge in [-0.3, -0.25) is 9.59 Å². The van der Waals surface area contributed by atoms with Crippen LogP contribution in [0.25, 0.3) is 0 Å². The van der Waals surface area contributed by atoms with E-state index in [9.17, 15) is 19.2 Å². The average molecular weight is 573 g/mol. The predicted octanol–water partition coefficient (Wildman–Crippen LogP) is 5.36. The predicted molar refractivity (Wildman–Crippen MR) is 154 cm³/mol. The molecule has 226 valence electrons. The first-order valence-electron chi connectivity index (χ1n) is 13.8. The molecule has 41 heavy (non-hydrogen) atoms. The molecule has 0 aromatic heterocycles. The number of imide groups is 2. The summed E-state index contributed by atoms with van der Waals surface area (Å²) in [6.45, 7) is 17.8. The maximum absolute atomic E-state index is 13.0. The van der Waals surface area contributed by atoms with Crippen LogP contribution < -0.4 is 4.74 Å². The highest BCUT2D eigenvalue weighted by atomic mass is 16.6. The van der Waals surface area contributed by atoms with Crippen LogP contribution in [-0.2, 0) is 30.4 Å². The third-order valence-corrected chi connectivity index (χ3v) is 7.33. The molecule has 1 aromatic rings. The Kier molecular flexibility index (Phi) is 12.1. The van der Waals surface area contributed by atoms with Gasteiger partial charge in [-0.2, -0.15) is 0 Å². The summed E-state index contributed by atoms with van der Waals surface area (Å²) in [5, 5.41) is 0. The van der Waals surface area contributed by atoms with Crippen LogP contribution in [0.1, 0.15) is 54.0 Å². The molecule has 0 unspecified atom stereocenters. The standard InChI is InChI=1S/C20H27NO5.C11H17NO3/c1-6-20(4,13-25-11-15-7-9-16(24-5)10-8-15)18(22)21-17(14(2)3)12-26-19(21)23;1-5-8(4)10(13)12-9(7(2)3)6-15-11(12)14/h6-10,14,17H,1,11-13H2,2-5H3;5,7,9H,6H2,1-4H3/b;8-5+/t17-,20+;9-/m11/s1. The monoisotopic (exact) mass is 572 g/mol. The highest BCUT2D eigenvalue weighted by molar-refractivity contribution is 6.03. The summed E-state index contributed by atoms with van der Waals surface area (Å²) in [6.07, 6.45) is 2.11. The molecule has 0 radical (unpaired) electrons. The summed E-state index contributed by atoms with van der Waals surface area (Å²) in [5.74, 6) is 0.499. The molecule has 10 heteroatoms. The number of rotatable bonds is 10. The molecule has 3 rings (SSSR count). The van der Waals surface area contributed by atoms with Crippen LogP contribution in [0.2, 0.25) is 0 Å². The van der Waals surface area contributed by atoms with Crippen molar-refractivity contribution < 1.29 is 38.1 Å². The fourth-order valence-electron chi connectivity index (χ4n) is 4.22. The fraction of sp³-hybridized carbons (Fsp3) is 0.548. The van der Waals surface area contributed by atoms with Crippen molar-refractivity contribution in [1.82, 2.24) is 9.80 Å². The number of amides is 4. The van der Waals surface area contributed by atoms with Crippen molar-refractivity contribution >= 4 is 24.0 Å². The van der Waals surface area contributed by atoms with Gasteiger partial charge in [0.15, 0.2) is 0 Å². The van der Waals surface area contributed by atoms with Gasteiger partial charge in [0.1, 0.15) is 19.0 Å². The highest BCUT2D eigenvalue weighted by Gasteiger charge is 2.46. The molecule has 2 aliphatic heterocycles. The van der Waals surface area contributed by atoms with Gasteiger partial charge in [-0.05, 0) is 50.3 Å². The minimum absolute atomic E-state index is 0.111. The number of carbonyl (C=O) groups is 4. The van der Waals surface area contributed by atoms with Crippen LogP contribution >= 0.6 is 0 Å². The van der Waals surface area contributed by atoms with Crippen LogP contribution in [0.5, 0.6) is 5.75 Å². The quantitative estimate of drug-likeness (QED) is 0.272. The molecule has 2 saturated heterocycles. The van der Waals surface area contributed by atoms with E-state index in [0.29, 0.717) is 18.8 Å². The molecule has 0 N–H and O–H groups in total. The number of benzene rings is 1. The Morgan fingerprint density at radius 2 is 1.54 bits per heavy atom. The fourth-order valence-corrected chi connectivity index (χ4v) is 4.22. The highest BCUT2D eigenvalue weighted by Crippen LogP contribution is 2.29. The van der Waals surface area contributed by atoms with E-state index in [1.165, 1.54) is 15.9 Å². The molecule has 0 spiro atoms. The molecule has 0 aliphatic carbocycles. The summed E-state index contributed by atoms with van der Waals surface area (Å²) in [5.41, 5.74) is 0.521. The van der Waals surface area contributed by atoms with Crippen LogP contribution in [0.3, 0.4) is 0 Å². The van der Waals surface area contributed by atoms with Crippen molar-refractivity contribution in [3.05, 3.63) is 54.1 Å². The van der Waals surface area contributed by atoms with Gasteiger partial charge in [0.2, 0.25) is 5.91 Å². The normalized spacial score (nSPS) is 20.3. The third-order valence-electron chi connectivity index (χ3n) is 7.33. The second-order valence-electron chi connectivity index (χ2n) is 11.1. The lowest BCUT2D eigenvalue weighted by Crippen LogP contribution is -2.49. The van der Waals surface area contributed by atoms with Crippen LogP contribution in [-0.4, -0.2) is 72.8 Å². The lowest BCUT2D eigenvalue weighted by molar-refractivity contribution is -0.140. The first kappa shape index (κ1) is 33.5. The van der Waals surface area contributed by atoms with Gasteiger partial charge >= 0.3 is 12.2 Å². The summed E-state index contributed by atoms with van der Waals surface area (Å²) in [7, 11) is 1.61. The average Bonchev–Trinajstić information content (AvgIpc) is 3.54. The van der Waals surface area contributed by atoms with Crippen LogP contribution in [0.15, 0.2) is 48.6 Å². The second-order valence-corrected chi connectivity index (χ2v) is 11.1. The SMILES string of the molecule is C/C=C(\C)C(=O)N1C(=O)OC[C@@H]1C(C)C.C=C[C@@](C)(COCc1ccc(OC)cc1)C(=O)N1C(=O)OC[C@@H]1C(C)C. The Balaban J connectivity index is 0.000000333. The first-order valence-corrected chi connectivity index (χ1v) is 13.8. The molecule has 2 aliphatic rings. The topological polar surface area (TPSA) is 112 Å². The molecule has 1 aromatic carbocycles. The lowest BCUT2D eigenvalue weighted by Gasteiger charge is -2.31. The third kappa shape index (κ3) is 8.19. The largest absolute Gasteiger partial charge is 0.497 e. The molecule has 2 fully saturated rings. The maximum atomic E-state index is 13.0. The van der Waals surface area contributed by atoms with E-state index < -0.39 is 17.6 Å². The van der Waals surface area contributed by atoms with E-state index in [1.54, 1.807) is 34.0 Å². The molecular formula is C31H44N2O8. The molecule has 10 nitrogen and oxygen atoms in total. The van der Waals surface area contributed by atoms with Crippen molar-refractivity contribution in [2.24, 2.45) is 17.3 Å². The van der Waals surface area contributed by atoms with E-state index in [0.717, 1.165) is 11.3 Å². The van der Waals surface area contributed by atoms with Gasteiger partial charge in [-0.15, -0.1) is 6.58 Å². The molecule has 0 bridgehead atoms. The smallest absolute Gasteiger partial charge is 0.417 e. The Labute approximate surface area is 243 Å². The number of hydrogen-bond acceptors (Lipinski definition) is 8. The Morgan fingerprint density at radius 3 is 2.00 bits per heavy atom. The number of carbonyl (C=O) groups excluding carboxylic acids is 4. The minimum atomic E-state index is -1.01. The molecule has 2 heterocycles. The molecule has 3 atom stereocenters. The summed E-state index contributed by atoms with van der Waals surface area (Å²) >= 11 is 0. The van der Waals surface area contributed by atoms with Gasteiger partial charge in [0, 0.05) is 5.57 Å². The summed E-state index contributed by atoms with van der Waals surface area (Å²) in [6, 6.07) is 7.10.